The van der Waals surface area contributed by atoms with Crippen molar-refractivity contribution in [3.8, 4) is 11.5 Å². The van der Waals surface area contributed by atoms with Gasteiger partial charge in [-0.1, -0.05) is 64.1 Å². The van der Waals surface area contributed by atoms with Crippen molar-refractivity contribution in [2.45, 2.75) is 86.2 Å². The Labute approximate surface area is 293 Å². The van der Waals surface area contributed by atoms with Gasteiger partial charge in [0.2, 0.25) is 0 Å². The summed E-state index contributed by atoms with van der Waals surface area (Å²) < 4.78 is 19.0. The third-order valence-corrected chi connectivity index (χ3v) is 10.6. The lowest BCUT2D eigenvalue weighted by Gasteiger charge is -2.49. The molecular formula is C41H48BrNO5. The molecule has 3 aromatic rings. The molecule has 0 spiro atoms. The van der Waals surface area contributed by atoms with Crippen molar-refractivity contribution in [1.82, 2.24) is 4.90 Å². The first-order chi connectivity index (χ1) is 22.8. The number of carbonyl (C=O) groups is 2. The van der Waals surface area contributed by atoms with E-state index in [1.165, 1.54) is 5.39 Å². The monoisotopic (exact) mass is 713 g/mol. The van der Waals surface area contributed by atoms with Crippen LogP contribution in [0.15, 0.2) is 75.5 Å². The van der Waals surface area contributed by atoms with Crippen LogP contribution in [0.5, 0.6) is 11.5 Å². The molecule has 0 fully saturated rings. The van der Waals surface area contributed by atoms with Gasteiger partial charge in [0.05, 0.1) is 11.1 Å². The Kier molecular flexibility index (Phi) is 9.67. The van der Waals surface area contributed by atoms with Crippen molar-refractivity contribution in [1.29, 1.82) is 0 Å². The lowest BCUT2D eigenvalue weighted by molar-refractivity contribution is -0.119. The van der Waals surface area contributed by atoms with E-state index in [0.717, 1.165) is 68.4 Å². The molecule has 0 radical (unpaired) electrons. The van der Waals surface area contributed by atoms with Crippen molar-refractivity contribution in [3.05, 3.63) is 92.2 Å². The zero-order chi connectivity index (χ0) is 34.4. The second kappa shape index (κ2) is 13.5. The van der Waals surface area contributed by atoms with Gasteiger partial charge in [0.1, 0.15) is 6.61 Å². The molecule has 3 aliphatic rings. The smallest absolute Gasteiger partial charge is 0.175 e. The largest absolute Gasteiger partial charge is 0.490 e. The lowest BCUT2D eigenvalue weighted by Crippen LogP contribution is -2.44. The van der Waals surface area contributed by atoms with Crippen LogP contribution >= 0.6 is 15.9 Å². The summed E-state index contributed by atoms with van der Waals surface area (Å²) in [5.74, 6) is 0.978. The third kappa shape index (κ3) is 6.60. The highest BCUT2D eigenvalue weighted by molar-refractivity contribution is 9.10. The van der Waals surface area contributed by atoms with Crippen LogP contribution in [-0.4, -0.2) is 43.3 Å². The van der Waals surface area contributed by atoms with Crippen LogP contribution in [0, 0.1) is 17.8 Å². The Hall–Kier alpha value is -3.42. The average Bonchev–Trinajstić information content (AvgIpc) is 3.00. The van der Waals surface area contributed by atoms with Gasteiger partial charge in [-0.25, -0.2) is 0 Å². The number of rotatable bonds is 10. The summed E-state index contributed by atoms with van der Waals surface area (Å²) in [5.41, 5.74) is 6.43. The Morgan fingerprint density at radius 3 is 2.15 bits per heavy atom. The zero-order valence-corrected chi connectivity index (χ0v) is 31.0. The van der Waals surface area contributed by atoms with Gasteiger partial charge in [0.25, 0.3) is 0 Å². The molecule has 6 rings (SSSR count). The number of nitrogens with zero attached hydrogens (tertiary/aromatic N) is 1. The van der Waals surface area contributed by atoms with Crippen LogP contribution in [0.4, 0.5) is 0 Å². The maximum Gasteiger partial charge on any atom is 0.175 e. The van der Waals surface area contributed by atoms with Crippen molar-refractivity contribution in [2.75, 3.05) is 26.9 Å². The highest BCUT2D eigenvalue weighted by Gasteiger charge is 2.49. The quantitative estimate of drug-likeness (QED) is 0.195. The molecular weight excluding hydrogens is 666 g/mol. The Bertz CT molecular complexity index is 1780. The van der Waals surface area contributed by atoms with Gasteiger partial charge in [-0.15, -0.1) is 0 Å². The van der Waals surface area contributed by atoms with Gasteiger partial charge in [0.15, 0.2) is 23.1 Å². The molecule has 0 saturated carbocycles. The summed E-state index contributed by atoms with van der Waals surface area (Å²) in [4.78, 5) is 30.8. The van der Waals surface area contributed by atoms with E-state index >= 15 is 0 Å². The first kappa shape index (κ1) is 34.4. The molecule has 0 bridgehead atoms. The molecule has 0 aromatic heterocycles. The number of hydrogen-bond donors (Lipinski definition) is 0. The van der Waals surface area contributed by atoms with Crippen molar-refractivity contribution in [2.24, 2.45) is 10.8 Å². The number of fused-ring (bicyclic) bond motifs is 1. The van der Waals surface area contributed by atoms with Gasteiger partial charge in [-0.2, -0.15) is 0 Å². The highest BCUT2D eigenvalue weighted by Crippen LogP contribution is 2.55. The average molecular weight is 715 g/mol. The number of ether oxygens (including phenoxy) is 3. The second-order valence-corrected chi connectivity index (χ2v) is 16.0. The van der Waals surface area contributed by atoms with Crippen LogP contribution in [0.1, 0.15) is 89.3 Å². The molecule has 0 atom stereocenters. The summed E-state index contributed by atoms with van der Waals surface area (Å²) in [6.07, 6.45) is 3.24. The number of hydrogen-bond acceptors (Lipinski definition) is 6. The Balaban J connectivity index is 1.48. The van der Waals surface area contributed by atoms with Gasteiger partial charge in [-0.3, -0.25) is 9.59 Å². The van der Waals surface area contributed by atoms with Crippen LogP contribution in [0.2, 0.25) is 0 Å². The summed E-state index contributed by atoms with van der Waals surface area (Å²) in [5, 5.41) is 2.33. The summed E-state index contributed by atoms with van der Waals surface area (Å²) in [6.45, 7) is 14.9. The second-order valence-electron chi connectivity index (χ2n) is 15.2. The molecule has 6 nitrogen and oxygen atoms in total. The van der Waals surface area contributed by atoms with Gasteiger partial charge in [-0.05, 0) is 93.9 Å². The first-order valence-corrected chi connectivity index (χ1v) is 18.0. The molecule has 254 valence electrons. The lowest BCUT2D eigenvalue weighted by atomic mass is 9.63. The maximum atomic E-state index is 14.3. The topological polar surface area (TPSA) is 65.1 Å². The predicted octanol–water partition coefficient (Wildman–Crippen LogP) is 9.61. The third-order valence-electron chi connectivity index (χ3n) is 10.1. The molecule has 7 heteroatoms. The Morgan fingerprint density at radius 1 is 0.875 bits per heavy atom. The van der Waals surface area contributed by atoms with Crippen LogP contribution in [0.25, 0.3) is 10.8 Å². The molecule has 3 aromatic carbocycles. The van der Waals surface area contributed by atoms with Gasteiger partial charge in [0, 0.05) is 67.1 Å². The molecule has 48 heavy (non-hydrogen) atoms. The predicted molar refractivity (Wildman–Crippen MR) is 194 cm³/mol. The van der Waals surface area contributed by atoms with Crippen LogP contribution in [0.3, 0.4) is 0 Å². The van der Waals surface area contributed by atoms with Crippen LogP contribution in [-0.2, 0) is 20.9 Å². The molecule has 0 N–H and O–H groups in total. The summed E-state index contributed by atoms with van der Waals surface area (Å²) in [7, 11) is 1.71. The number of aryl methyl sites for hydroxylation is 1. The number of ketones is 2. The summed E-state index contributed by atoms with van der Waals surface area (Å²) >= 11 is 3.84. The van der Waals surface area contributed by atoms with Crippen molar-refractivity contribution >= 4 is 38.3 Å². The number of methoxy groups -OCH3 is 1. The first-order valence-electron chi connectivity index (χ1n) is 17.2. The highest BCUT2D eigenvalue weighted by atomic mass is 79.9. The van der Waals surface area contributed by atoms with E-state index in [9.17, 15) is 9.59 Å². The Morgan fingerprint density at radius 2 is 1.52 bits per heavy atom. The van der Waals surface area contributed by atoms with E-state index in [1.807, 2.05) is 25.1 Å². The fourth-order valence-electron chi connectivity index (χ4n) is 7.96. The molecule has 1 aliphatic heterocycles. The van der Waals surface area contributed by atoms with E-state index in [4.69, 9.17) is 14.2 Å². The van der Waals surface area contributed by atoms with Crippen molar-refractivity contribution < 1.29 is 23.8 Å². The minimum absolute atomic E-state index is 0.119. The minimum atomic E-state index is -0.467. The molecule has 0 unspecified atom stereocenters. The SMILES string of the molecule is CCOc1cc(C2C3=C(CC(C)(C)CC3=O)N(CCCOC)C3=C2C(=O)CC(C)(C)C3)cc(Br)c1OCc1c(C)ccc2ccccc12. The number of carbonyl (C=O) groups excluding carboxylic acids is 2. The maximum absolute atomic E-state index is 14.3. The van der Waals surface area contributed by atoms with E-state index in [-0.39, 0.29) is 22.4 Å². The zero-order valence-electron chi connectivity index (χ0n) is 29.4. The number of benzene rings is 3. The molecule has 0 saturated heterocycles. The van der Waals surface area contributed by atoms with E-state index in [0.29, 0.717) is 50.7 Å². The fourth-order valence-corrected chi connectivity index (χ4v) is 8.53. The van der Waals surface area contributed by atoms with Crippen molar-refractivity contribution in [3.63, 3.8) is 0 Å². The summed E-state index contributed by atoms with van der Waals surface area (Å²) in [6, 6.07) is 16.7. The number of halogens is 1. The molecule has 2 aliphatic carbocycles. The van der Waals surface area contributed by atoms with E-state index in [1.54, 1.807) is 7.11 Å². The number of Topliss-reactive ketones (excluding diaryl/α,β-unsaturated/α-hetero) is 2. The van der Waals surface area contributed by atoms with Gasteiger partial charge < -0.3 is 19.1 Å². The van der Waals surface area contributed by atoms with E-state index in [2.05, 4.69) is 85.8 Å². The number of allylic oxidation sites excluding steroid dienone is 4. The normalized spacial score (nSPS) is 19.1. The fraction of sp³-hybridized carbons (Fsp3) is 0.463. The van der Waals surface area contributed by atoms with Gasteiger partial charge >= 0.3 is 0 Å². The standard InChI is InChI=1S/C41H48BrNO5/c1-8-47-35-19-27(18-30(42)39(35)48-24-29-25(2)14-15-26-12-9-10-13-28(26)29)36-37-31(20-40(3,4)22-33(37)44)43(16-11-17-46-7)32-21-41(5,6)23-34(45)38(32)36/h9-10,12-15,18-19,36H,8,11,16-17,20-24H2,1-7H3. The molecule has 0 amide bonds. The van der Waals surface area contributed by atoms with E-state index < -0.39 is 5.92 Å². The molecule has 1 heterocycles. The minimum Gasteiger partial charge on any atom is -0.490 e. The van der Waals surface area contributed by atoms with Crippen LogP contribution < -0.4 is 9.47 Å².